The van der Waals surface area contributed by atoms with E-state index in [9.17, 15) is 19.2 Å². The fraction of sp³-hybridized carbons (Fsp3) is 0.190. The molecule has 8 nitrogen and oxygen atoms in total. The number of hydrogen-bond acceptors (Lipinski definition) is 7. The van der Waals surface area contributed by atoms with Crippen LogP contribution in [-0.2, 0) is 22.3 Å². The molecule has 0 atom stereocenters. The van der Waals surface area contributed by atoms with E-state index in [4.69, 9.17) is 12.2 Å². The van der Waals surface area contributed by atoms with Crippen LogP contribution in [0.2, 0.25) is 0 Å². The summed E-state index contributed by atoms with van der Waals surface area (Å²) in [5.41, 5.74) is 2.93. The summed E-state index contributed by atoms with van der Waals surface area (Å²) >= 11 is 5.25. The molecular formula is C21H16N2O6S. The Kier molecular flexibility index (Phi) is 5.28. The maximum atomic E-state index is 11.6. The van der Waals surface area contributed by atoms with Crippen LogP contribution in [-0.4, -0.2) is 42.1 Å². The van der Waals surface area contributed by atoms with E-state index in [2.05, 4.69) is 20.1 Å². The van der Waals surface area contributed by atoms with Crippen LogP contribution in [0.4, 0.5) is 0 Å². The van der Waals surface area contributed by atoms with Gasteiger partial charge in [-0.15, -0.1) is 0 Å². The molecule has 2 aliphatic heterocycles. The highest BCUT2D eigenvalue weighted by molar-refractivity contribution is 7.80. The average Bonchev–Trinajstić information content (AvgIpc) is 3.16. The number of carbonyl (C=O) groups is 4. The molecule has 0 saturated carbocycles. The van der Waals surface area contributed by atoms with Crippen molar-refractivity contribution in [3.8, 4) is 0 Å². The minimum Gasteiger partial charge on any atom is -0.386 e. The lowest BCUT2D eigenvalue weighted by Gasteiger charge is -2.11. The van der Waals surface area contributed by atoms with E-state index in [1.807, 2.05) is 0 Å². The molecule has 0 spiro atoms. The van der Waals surface area contributed by atoms with E-state index in [0.29, 0.717) is 31.0 Å². The maximum Gasteiger partial charge on any atom is 0.346 e. The molecule has 2 aromatic carbocycles. The molecule has 0 aromatic heterocycles. The Hall–Kier alpha value is -3.59. The Balaban J connectivity index is 1.22. The van der Waals surface area contributed by atoms with Gasteiger partial charge in [-0.25, -0.2) is 19.2 Å². The number of benzene rings is 2. The van der Waals surface area contributed by atoms with Crippen LogP contribution in [0.25, 0.3) is 0 Å². The first-order valence-electron chi connectivity index (χ1n) is 9.23. The zero-order chi connectivity index (χ0) is 21.3. The van der Waals surface area contributed by atoms with Crippen LogP contribution >= 0.6 is 12.2 Å². The van der Waals surface area contributed by atoms with Gasteiger partial charge in [-0.05, 0) is 60.5 Å². The van der Waals surface area contributed by atoms with Gasteiger partial charge < -0.3 is 20.1 Å². The monoisotopic (exact) mass is 424 g/mol. The van der Waals surface area contributed by atoms with E-state index in [-0.39, 0.29) is 22.3 Å². The number of rotatable bonds is 6. The lowest BCUT2D eigenvalue weighted by molar-refractivity contribution is 0.0425. The third kappa shape index (κ3) is 3.92. The molecule has 9 heteroatoms. The molecule has 152 valence electrons. The van der Waals surface area contributed by atoms with Crippen molar-refractivity contribution in [3.63, 3.8) is 0 Å². The number of nitrogens with one attached hydrogen (secondary N) is 2. The quantitative estimate of drug-likeness (QED) is 0.405. The topological polar surface area (TPSA) is 111 Å². The summed E-state index contributed by atoms with van der Waals surface area (Å²) in [5.74, 6) is -2.47. The number of ether oxygens (including phenoxy) is 2. The molecule has 2 aromatic rings. The Labute approximate surface area is 176 Å². The molecule has 2 heterocycles. The van der Waals surface area contributed by atoms with Crippen LogP contribution in [0.3, 0.4) is 0 Å². The van der Waals surface area contributed by atoms with Crippen molar-refractivity contribution in [3.05, 3.63) is 69.8 Å². The normalized spacial score (nSPS) is 14.1. The highest BCUT2D eigenvalue weighted by Crippen LogP contribution is 2.22. The Bertz CT molecular complexity index is 1030. The average molecular weight is 424 g/mol. The lowest BCUT2D eigenvalue weighted by Crippen LogP contribution is -2.37. The first-order valence-corrected chi connectivity index (χ1v) is 9.64. The second kappa shape index (κ2) is 8.03. The molecule has 2 aliphatic rings. The van der Waals surface area contributed by atoms with Gasteiger partial charge in [0.2, 0.25) is 0 Å². The number of esters is 4. The molecule has 0 saturated heterocycles. The van der Waals surface area contributed by atoms with Crippen molar-refractivity contribution < 1.29 is 28.7 Å². The minimum absolute atomic E-state index is 0.290. The molecular weight excluding hydrogens is 408 g/mol. The van der Waals surface area contributed by atoms with Gasteiger partial charge in [0.05, 0.1) is 22.3 Å². The number of thiocarbonyl (C=S) groups is 1. The number of fused-ring (bicyclic) bond motifs is 2. The first kappa shape index (κ1) is 19.7. The Morgan fingerprint density at radius 3 is 1.50 bits per heavy atom. The van der Waals surface area contributed by atoms with E-state index >= 15 is 0 Å². The van der Waals surface area contributed by atoms with Crippen molar-refractivity contribution in [1.29, 1.82) is 0 Å². The van der Waals surface area contributed by atoms with Crippen LogP contribution in [0.5, 0.6) is 0 Å². The number of carbonyl (C=O) groups excluding carboxylic acids is 4. The van der Waals surface area contributed by atoms with E-state index < -0.39 is 23.9 Å². The van der Waals surface area contributed by atoms with Crippen LogP contribution < -0.4 is 10.6 Å². The van der Waals surface area contributed by atoms with Gasteiger partial charge in [0.15, 0.2) is 5.11 Å². The fourth-order valence-electron chi connectivity index (χ4n) is 3.28. The van der Waals surface area contributed by atoms with Crippen LogP contribution in [0.15, 0.2) is 36.4 Å². The van der Waals surface area contributed by atoms with Crippen LogP contribution in [0, 0.1) is 0 Å². The van der Waals surface area contributed by atoms with E-state index in [1.165, 1.54) is 0 Å². The van der Waals surface area contributed by atoms with Gasteiger partial charge in [0.1, 0.15) is 0 Å². The largest absolute Gasteiger partial charge is 0.386 e. The highest BCUT2D eigenvalue weighted by Gasteiger charge is 2.30. The van der Waals surface area contributed by atoms with Crippen LogP contribution in [0.1, 0.15) is 52.6 Å². The third-order valence-corrected chi connectivity index (χ3v) is 5.11. The summed E-state index contributed by atoms with van der Waals surface area (Å²) in [6, 6.07) is 10.1. The Morgan fingerprint density at radius 1 is 0.667 bits per heavy atom. The minimum atomic E-state index is -0.619. The number of hydrogen-bond donors (Lipinski definition) is 2. The lowest BCUT2D eigenvalue weighted by atomic mass is 10.0. The summed E-state index contributed by atoms with van der Waals surface area (Å²) in [6.45, 7) is 1.08. The second-order valence-electron chi connectivity index (χ2n) is 6.80. The summed E-state index contributed by atoms with van der Waals surface area (Å²) in [4.78, 5) is 46.1. The van der Waals surface area contributed by atoms with E-state index in [0.717, 1.165) is 11.1 Å². The van der Waals surface area contributed by atoms with Crippen molar-refractivity contribution in [2.24, 2.45) is 0 Å². The van der Waals surface area contributed by atoms with Crippen molar-refractivity contribution in [1.82, 2.24) is 10.6 Å². The van der Waals surface area contributed by atoms with Crippen molar-refractivity contribution in [2.75, 3.05) is 13.1 Å². The third-order valence-electron chi connectivity index (χ3n) is 4.82. The predicted octanol–water partition coefficient (Wildman–Crippen LogP) is 1.56. The zero-order valence-corrected chi connectivity index (χ0v) is 16.5. The molecule has 2 N–H and O–H groups in total. The summed E-state index contributed by atoms with van der Waals surface area (Å²) in [6.07, 6.45) is 1.22. The summed E-state index contributed by atoms with van der Waals surface area (Å²) in [5, 5.41) is 6.63. The highest BCUT2D eigenvalue weighted by atomic mass is 32.1. The Morgan fingerprint density at radius 2 is 1.07 bits per heavy atom. The predicted molar refractivity (Wildman–Crippen MR) is 108 cm³/mol. The molecule has 0 unspecified atom stereocenters. The smallest absolute Gasteiger partial charge is 0.346 e. The van der Waals surface area contributed by atoms with Gasteiger partial charge in [-0.2, -0.15) is 0 Å². The molecule has 0 fully saturated rings. The number of cyclic esters (lactones) is 4. The second-order valence-corrected chi connectivity index (χ2v) is 7.20. The van der Waals surface area contributed by atoms with Gasteiger partial charge in [-0.3, -0.25) is 0 Å². The maximum absolute atomic E-state index is 11.6. The standard InChI is InChI=1S/C21H16N2O6S/c24-17-13-3-1-11(9-15(13)19(26)28-17)5-7-22-21(30)23-8-6-12-2-4-14-16(10-12)20(27)29-18(14)25/h1-4,9-10H,5-8H2,(H2,22,23,30). The molecule has 4 rings (SSSR count). The van der Waals surface area contributed by atoms with Crippen molar-refractivity contribution in [2.45, 2.75) is 12.8 Å². The molecule has 0 aliphatic carbocycles. The fourth-order valence-corrected chi connectivity index (χ4v) is 3.48. The molecule has 0 radical (unpaired) electrons. The van der Waals surface area contributed by atoms with E-state index in [1.54, 1.807) is 36.4 Å². The summed E-state index contributed by atoms with van der Waals surface area (Å²) < 4.78 is 9.16. The van der Waals surface area contributed by atoms with Gasteiger partial charge in [0, 0.05) is 13.1 Å². The molecule has 30 heavy (non-hydrogen) atoms. The van der Waals surface area contributed by atoms with Gasteiger partial charge in [0.25, 0.3) is 0 Å². The SMILES string of the molecule is O=C1OC(=O)c2cc(CCNC(=S)NCCc3ccc4c(c3)C(=O)OC4=O)ccc21. The van der Waals surface area contributed by atoms with Gasteiger partial charge >= 0.3 is 23.9 Å². The zero-order valence-electron chi connectivity index (χ0n) is 15.7. The molecule has 0 bridgehead atoms. The summed E-state index contributed by atoms with van der Waals surface area (Å²) in [7, 11) is 0. The molecule has 0 amide bonds. The first-order chi connectivity index (χ1) is 14.4. The van der Waals surface area contributed by atoms with Gasteiger partial charge in [-0.1, -0.05) is 12.1 Å². The van der Waals surface area contributed by atoms with Crippen molar-refractivity contribution >= 4 is 41.2 Å².